The lowest BCUT2D eigenvalue weighted by atomic mass is 10.1. The molecule has 8 nitrogen and oxygen atoms in total. The molecule has 0 radical (unpaired) electrons. The van der Waals surface area contributed by atoms with Gasteiger partial charge in [0.25, 0.3) is 0 Å². The lowest BCUT2D eigenvalue weighted by molar-refractivity contribution is 0.471. The van der Waals surface area contributed by atoms with Crippen LogP contribution in [0.4, 0.5) is 0 Å². The molecule has 0 atom stereocenters. The Kier molecular flexibility index (Phi) is 9.44. The zero-order valence-electron chi connectivity index (χ0n) is 18.0. The number of rotatable bonds is 12. The van der Waals surface area contributed by atoms with Crippen LogP contribution in [0.5, 0.6) is 11.5 Å². The average molecular weight is 578 g/mol. The molecule has 0 saturated carbocycles. The van der Waals surface area contributed by atoms with E-state index < -0.39 is 0 Å². The lowest BCUT2D eigenvalue weighted by Gasteiger charge is -2.05. The number of aryl methyl sites for hydroxylation is 3. The summed E-state index contributed by atoms with van der Waals surface area (Å²) in [5.41, 5.74) is 11.2. The number of phenolic OH excluding ortho intramolecular Hbond substituents is 2. The number of hydrogen-bond donors (Lipinski definition) is 4. The first kappa shape index (κ1) is 24.9. The number of hydrogen-bond acceptors (Lipinski definition) is 7. The normalized spacial score (nSPS) is 11.5. The van der Waals surface area contributed by atoms with Crippen LogP contribution in [0.25, 0.3) is 0 Å². The Morgan fingerprint density at radius 3 is 2.33 bits per heavy atom. The third kappa shape index (κ3) is 7.97. The highest BCUT2D eigenvalue weighted by atomic mass is 79.9. The van der Waals surface area contributed by atoms with Crippen LogP contribution < -0.4 is 5.32 Å². The molecular weight excluding hydrogens is 552 g/mol. The van der Waals surface area contributed by atoms with Crippen molar-refractivity contribution >= 4 is 31.9 Å². The third-order valence-corrected chi connectivity index (χ3v) is 6.35. The van der Waals surface area contributed by atoms with Crippen molar-refractivity contribution in [3.05, 3.63) is 80.3 Å². The number of allylic oxidation sites excluding steroid dienone is 1. The molecule has 1 aromatic heterocycles. The van der Waals surface area contributed by atoms with Gasteiger partial charge in [-0.05, 0) is 99.4 Å². The maximum Gasteiger partial charge on any atom is 0.129 e. The van der Waals surface area contributed by atoms with Crippen molar-refractivity contribution in [1.29, 1.82) is 5.53 Å². The number of nitrogens with zero attached hydrogens (tertiary/aromatic N) is 4. The summed E-state index contributed by atoms with van der Waals surface area (Å²) in [5, 5.41) is 34.4. The fraction of sp³-hybridized carbons (Fsp3) is 0.304. The van der Waals surface area contributed by atoms with Gasteiger partial charge < -0.3 is 15.5 Å². The molecule has 174 valence electrons. The quantitative estimate of drug-likeness (QED) is 0.168. The van der Waals surface area contributed by atoms with Crippen LogP contribution in [0.1, 0.15) is 29.7 Å². The predicted octanol–water partition coefficient (Wildman–Crippen LogP) is 5.48. The van der Waals surface area contributed by atoms with Gasteiger partial charge in [-0.1, -0.05) is 17.3 Å². The minimum absolute atomic E-state index is 0.229. The standard InChI is InChI=1S/C23H26Br2N6O2/c24-20-12-16(4-6-22(20)32)8-10-27-14-18(28-26)2-1-3-19-15-31(30-29-19)11-9-17-5-7-23(33)21(25)13-17/h4-7,12-15,26-27,32-33H,1-3,8-11H2/b18-14-,28-26?. The minimum atomic E-state index is 0.229. The van der Waals surface area contributed by atoms with E-state index in [1.807, 2.05) is 35.1 Å². The Morgan fingerprint density at radius 2 is 1.70 bits per heavy atom. The zero-order chi connectivity index (χ0) is 23.6. The van der Waals surface area contributed by atoms with Crippen LogP contribution in [-0.4, -0.2) is 31.8 Å². The third-order valence-electron chi connectivity index (χ3n) is 5.08. The number of phenols is 2. The van der Waals surface area contributed by atoms with Gasteiger partial charge in [-0.2, -0.15) is 5.11 Å². The van der Waals surface area contributed by atoms with Crippen molar-refractivity contribution in [3.63, 3.8) is 0 Å². The molecule has 0 amide bonds. The van der Waals surface area contributed by atoms with E-state index in [-0.39, 0.29) is 11.5 Å². The Morgan fingerprint density at radius 1 is 1.03 bits per heavy atom. The van der Waals surface area contributed by atoms with Crippen LogP contribution >= 0.6 is 31.9 Å². The molecule has 4 N–H and O–H groups in total. The number of benzene rings is 2. The van der Waals surface area contributed by atoms with Crippen molar-refractivity contribution in [3.8, 4) is 11.5 Å². The first-order chi connectivity index (χ1) is 15.9. The predicted molar refractivity (Wildman–Crippen MR) is 133 cm³/mol. The Labute approximate surface area is 209 Å². The van der Waals surface area contributed by atoms with Gasteiger partial charge >= 0.3 is 0 Å². The lowest BCUT2D eigenvalue weighted by Crippen LogP contribution is -2.10. The number of halogens is 2. The van der Waals surface area contributed by atoms with E-state index in [0.29, 0.717) is 34.2 Å². The van der Waals surface area contributed by atoms with Gasteiger partial charge in [-0.25, -0.2) is 5.53 Å². The van der Waals surface area contributed by atoms with E-state index in [2.05, 4.69) is 52.6 Å². The topological polar surface area (TPSA) is 119 Å². The summed E-state index contributed by atoms with van der Waals surface area (Å²) in [4.78, 5) is 0. The van der Waals surface area contributed by atoms with Gasteiger partial charge in [0.15, 0.2) is 0 Å². The molecule has 33 heavy (non-hydrogen) atoms. The maximum atomic E-state index is 9.59. The van der Waals surface area contributed by atoms with Gasteiger partial charge in [-0.3, -0.25) is 4.68 Å². The van der Waals surface area contributed by atoms with Gasteiger partial charge in [0, 0.05) is 25.5 Å². The summed E-state index contributed by atoms with van der Waals surface area (Å²) in [6.07, 6.45) is 7.59. The fourth-order valence-corrected chi connectivity index (χ4v) is 4.09. The molecule has 0 unspecified atom stereocenters. The SMILES string of the molecule is N=N/C(=C\NCCc1ccc(O)c(Br)c1)CCCc1cn(CCc2ccc(O)c(Br)c2)nn1. The second-order valence-electron chi connectivity index (χ2n) is 7.60. The van der Waals surface area contributed by atoms with Crippen LogP contribution in [0.15, 0.2) is 68.6 Å². The summed E-state index contributed by atoms with van der Waals surface area (Å²) in [7, 11) is 0. The Balaban J connectivity index is 1.38. The van der Waals surface area contributed by atoms with Crippen molar-refractivity contribution in [2.45, 2.75) is 38.6 Å². The molecule has 0 saturated heterocycles. The van der Waals surface area contributed by atoms with Gasteiger partial charge in [0.2, 0.25) is 0 Å². The zero-order valence-corrected chi connectivity index (χ0v) is 21.2. The summed E-state index contributed by atoms with van der Waals surface area (Å²) < 4.78 is 3.19. The monoisotopic (exact) mass is 576 g/mol. The van der Waals surface area contributed by atoms with E-state index in [0.717, 1.165) is 42.5 Å². The van der Waals surface area contributed by atoms with Crippen LogP contribution in [0.2, 0.25) is 0 Å². The van der Waals surface area contributed by atoms with Crippen LogP contribution in [0, 0.1) is 5.53 Å². The first-order valence-electron chi connectivity index (χ1n) is 10.6. The number of aromatic nitrogens is 3. The van der Waals surface area contributed by atoms with Gasteiger partial charge in [0.1, 0.15) is 11.5 Å². The van der Waals surface area contributed by atoms with Crippen molar-refractivity contribution in [2.24, 2.45) is 5.11 Å². The van der Waals surface area contributed by atoms with Gasteiger partial charge in [0.05, 0.1) is 20.3 Å². The molecule has 0 bridgehead atoms. The molecule has 0 aliphatic rings. The smallest absolute Gasteiger partial charge is 0.129 e. The highest BCUT2D eigenvalue weighted by molar-refractivity contribution is 9.10. The van der Waals surface area contributed by atoms with Crippen molar-refractivity contribution in [2.75, 3.05) is 6.54 Å². The summed E-state index contributed by atoms with van der Waals surface area (Å²) >= 11 is 6.65. The highest BCUT2D eigenvalue weighted by Crippen LogP contribution is 2.25. The van der Waals surface area contributed by atoms with Crippen molar-refractivity contribution < 1.29 is 10.2 Å². The molecule has 1 heterocycles. The fourth-order valence-electron chi connectivity index (χ4n) is 3.24. The summed E-state index contributed by atoms with van der Waals surface area (Å²) in [5.74, 6) is 0.461. The largest absolute Gasteiger partial charge is 0.507 e. The molecule has 3 aromatic rings. The van der Waals surface area contributed by atoms with Crippen molar-refractivity contribution in [1.82, 2.24) is 20.3 Å². The highest BCUT2D eigenvalue weighted by Gasteiger charge is 2.05. The van der Waals surface area contributed by atoms with E-state index in [4.69, 9.17) is 5.53 Å². The molecule has 0 aliphatic carbocycles. The van der Waals surface area contributed by atoms with Crippen LogP contribution in [-0.2, 0) is 25.8 Å². The minimum Gasteiger partial charge on any atom is -0.507 e. The maximum absolute atomic E-state index is 9.59. The average Bonchev–Trinajstić information content (AvgIpc) is 3.26. The second kappa shape index (κ2) is 12.5. The molecular formula is C23H26Br2N6O2. The van der Waals surface area contributed by atoms with E-state index in [1.165, 1.54) is 0 Å². The Hall–Kier alpha value is -2.72. The van der Waals surface area contributed by atoms with E-state index in [9.17, 15) is 10.2 Å². The van der Waals surface area contributed by atoms with Crippen LogP contribution in [0.3, 0.4) is 0 Å². The molecule has 0 fully saturated rings. The molecule has 3 rings (SSSR count). The number of aromatic hydroxyl groups is 2. The second-order valence-corrected chi connectivity index (χ2v) is 9.31. The molecule has 2 aromatic carbocycles. The first-order valence-corrected chi connectivity index (χ1v) is 12.2. The molecule has 0 spiro atoms. The summed E-state index contributed by atoms with van der Waals surface area (Å²) in [6, 6.07) is 10.9. The number of nitrogens with one attached hydrogen (secondary N) is 2. The van der Waals surface area contributed by atoms with E-state index >= 15 is 0 Å². The Bertz CT molecular complexity index is 1120. The van der Waals surface area contributed by atoms with Gasteiger partial charge in [-0.15, -0.1) is 5.10 Å². The van der Waals surface area contributed by atoms with E-state index in [1.54, 1.807) is 18.3 Å². The summed E-state index contributed by atoms with van der Waals surface area (Å²) in [6.45, 7) is 1.42. The molecule has 0 aliphatic heterocycles. The molecule has 10 heteroatoms.